The van der Waals surface area contributed by atoms with Crippen molar-refractivity contribution in [2.75, 3.05) is 20.8 Å². The highest BCUT2D eigenvalue weighted by Gasteiger charge is 2.31. The normalized spacial score (nSPS) is 15.7. The molecule has 0 unspecified atom stereocenters. The first kappa shape index (κ1) is 26.0. The molecule has 0 radical (unpaired) electrons. The smallest absolute Gasteiger partial charge is 0.240 e. The van der Waals surface area contributed by atoms with E-state index in [9.17, 15) is 10.1 Å². The number of nitriles is 1. The molecule has 2 N–H and O–H groups in total. The van der Waals surface area contributed by atoms with Crippen LogP contribution in [0.3, 0.4) is 0 Å². The number of hydrogen-bond donors (Lipinski definition) is 1. The average Bonchev–Trinajstić information content (AvgIpc) is 3.53. The van der Waals surface area contributed by atoms with Gasteiger partial charge in [-0.3, -0.25) is 4.79 Å². The van der Waals surface area contributed by atoms with Crippen LogP contribution in [-0.2, 0) is 17.8 Å². The van der Waals surface area contributed by atoms with Gasteiger partial charge in [0.25, 0.3) is 0 Å². The van der Waals surface area contributed by atoms with Crippen LogP contribution in [-0.4, -0.2) is 58.6 Å². The van der Waals surface area contributed by atoms with Crippen LogP contribution >= 0.6 is 12.4 Å². The second kappa shape index (κ2) is 11.7. The summed E-state index contributed by atoms with van der Waals surface area (Å²) in [5, 5.41) is 17.7. The Morgan fingerprint density at radius 1 is 1.17 bits per heavy atom. The highest BCUT2D eigenvalue weighted by atomic mass is 35.5. The summed E-state index contributed by atoms with van der Waals surface area (Å²) in [4.78, 5) is 14.3. The number of carbonyl (C=O) groups is 1. The molecule has 2 aromatic carbocycles. The molecule has 9 nitrogen and oxygen atoms in total. The first-order valence-corrected chi connectivity index (χ1v) is 11.2. The zero-order valence-corrected chi connectivity index (χ0v) is 20.6. The fourth-order valence-electron chi connectivity index (χ4n) is 4.20. The number of methoxy groups -OCH3 is 2. The highest BCUT2D eigenvalue weighted by molar-refractivity contribution is 5.85. The molecule has 2 atom stereocenters. The Morgan fingerprint density at radius 3 is 2.57 bits per heavy atom. The van der Waals surface area contributed by atoms with Crippen molar-refractivity contribution < 1.29 is 14.3 Å². The fourth-order valence-corrected chi connectivity index (χ4v) is 4.20. The van der Waals surface area contributed by atoms with E-state index in [1.165, 1.54) is 0 Å². The van der Waals surface area contributed by atoms with Gasteiger partial charge in [0.05, 0.1) is 39.1 Å². The average molecular weight is 497 g/mol. The third-order valence-corrected chi connectivity index (χ3v) is 6.04. The molecule has 1 saturated heterocycles. The largest absolute Gasteiger partial charge is 0.493 e. The van der Waals surface area contributed by atoms with E-state index in [2.05, 4.69) is 16.4 Å². The van der Waals surface area contributed by atoms with Crippen molar-refractivity contribution in [1.82, 2.24) is 19.9 Å². The summed E-state index contributed by atoms with van der Waals surface area (Å²) in [7, 11) is 3.22. The molecule has 1 aliphatic rings. The van der Waals surface area contributed by atoms with Gasteiger partial charge in [-0.15, -0.1) is 17.5 Å². The molecule has 1 fully saturated rings. The minimum atomic E-state index is -0.665. The molecule has 184 valence electrons. The van der Waals surface area contributed by atoms with Gasteiger partial charge in [0.2, 0.25) is 5.91 Å². The molecule has 0 bridgehead atoms. The number of hydrogen-bond acceptors (Lipinski definition) is 7. The predicted molar refractivity (Wildman–Crippen MR) is 133 cm³/mol. The van der Waals surface area contributed by atoms with E-state index in [-0.39, 0.29) is 24.4 Å². The number of amides is 1. The molecule has 2 heterocycles. The Bertz CT molecular complexity index is 1190. The summed E-state index contributed by atoms with van der Waals surface area (Å²) >= 11 is 0. The molecular formula is C25H29ClN6O3. The van der Waals surface area contributed by atoms with Gasteiger partial charge in [-0.1, -0.05) is 35.5 Å². The van der Waals surface area contributed by atoms with Crippen LogP contribution in [0.15, 0.2) is 48.7 Å². The maximum absolute atomic E-state index is 12.7. The van der Waals surface area contributed by atoms with Gasteiger partial charge in [0, 0.05) is 12.1 Å². The first-order chi connectivity index (χ1) is 16.5. The summed E-state index contributed by atoms with van der Waals surface area (Å²) in [5.41, 5.74) is 9.81. The Labute approximate surface area is 210 Å². The molecule has 35 heavy (non-hydrogen) atoms. The Morgan fingerprint density at radius 2 is 1.89 bits per heavy atom. The topological polar surface area (TPSA) is 119 Å². The number of benzene rings is 2. The number of likely N-dealkylation sites (tertiary alicyclic amines) is 1. The summed E-state index contributed by atoms with van der Waals surface area (Å²) in [6.07, 6.45) is 3.87. The monoisotopic (exact) mass is 496 g/mol. The van der Waals surface area contributed by atoms with Crippen molar-refractivity contribution in [2.45, 2.75) is 37.9 Å². The third-order valence-electron chi connectivity index (χ3n) is 6.04. The van der Waals surface area contributed by atoms with E-state index in [4.69, 9.17) is 15.2 Å². The molecule has 4 rings (SSSR count). The minimum absolute atomic E-state index is 0. The van der Waals surface area contributed by atoms with Crippen LogP contribution in [0.2, 0.25) is 0 Å². The number of aromatic nitrogens is 3. The van der Waals surface area contributed by atoms with Crippen molar-refractivity contribution in [3.63, 3.8) is 0 Å². The number of nitrogens with zero attached hydrogens (tertiary/aromatic N) is 5. The fraction of sp³-hybridized carbons (Fsp3) is 0.360. The number of halogens is 1. The van der Waals surface area contributed by atoms with Crippen LogP contribution in [0.5, 0.6) is 11.5 Å². The van der Waals surface area contributed by atoms with Crippen molar-refractivity contribution in [3.05, 3.63) is 59.8 Å². The van der Waals surface area contributed by atoms with Gasteiger partial charge in [0.15, 0.2) is 11.5 Å². The van der Waals surface area contributed by atoms with Crippen molar-refractivity contribution in [1.29, 1.82) is 5.26 Å². The lowest BCUT2D eigenvalue weighted by Crippen LogP contribution is -2.46. The van der Waals surface area contributed by atoms with Crippen molar-refractivity contribution >= 4 is 18.3 Å². The van der Waals surface area contributed by atoms with E-state index in [1.54, 1.807) is 23.8 Å². The lowest BCUT2D eigenvalue weighted by Gasteiger charge is -2.23. The van der Waals surface area contributed by atoms with E-state index < -0.39 is 6.04 Å². The molecule has 0 aliphatic carbocycles. The Hall–Kier alpha value is -3.61. The molecule has 1 aliphatic heterocycles. The predicted octanol–water partition coefficient (Wildman–Crippen LogP) is 2.82. The van der Waals surface area contributed by atoms with Crippen molar-refractivity contribution in [2.24, 2.45) is 5.73 Å². The van der Waals surface area contributed by atoms with Gasteiger partial charge in [-0.2, -0.15) is 5.26 Å². The van der Waals surface area contributed by atoms with E-state index in [1.807, 2.05) is 48.7 Å². The van der Waals surface area contributed by atoms with E-state index in [0.717, 1.165) is 35.2 Å². The van der Waals surface area contributed by atoms with E-state index >= 15 is 0 Å². The van der Waals surface area contributed by atoms with Gasteiger partial charge in [-0.25, -0.2) is 4.68 Å². The molecule has 3 aromatic rings. The summed E-state index contributed by atoms with van der Waals surface area (Å²) < 4.78 is 12.4. The van der Waals surface area contributed by atoms with Crippen LogP contribution in [0.1, 0.15) is 24.0 Å². The molecule has 1 aromatic heterocycles. The van der Waals surface area contributed by atoms with Crippen LogP contribution in [0, 0.1) is 11.3 Å². The lowest BCUT2D eigenvalue weighted by atomic mass is 10.0. The second-order valence-corrected chi connectivity index (χ2v) is 8.32. The standard InChI is InChI=1S/C25H28N6O3.ClH/c1-33-23-10-7-18(13-24(23)34-2)15-30-16-22(28-29-30)19-8-5-17(6-9-19)12-21(27)25(32)31-11-3-4-20(31)14-26;/h5-10,13,16,20-21H,3-4,11-12,15,27H2,1-2H3;1H/t20-,21-;/m0./s1. The Balaban J connectivity index is 0.00000342. The van der Waals surface area contributed by atoms with Crippen molar-refractivity contribution in [3.8, 4) is 28.8 Å². The number of rotatable bonds is 8. The molecular weight excluding hydrogens is 468 g/mol. The van der Waals surface area contributed by atoms with Crippen LogP contribution in [0.4, 0.5) is 0 Å². The van der Waals surface area contributed by atoms with Gasteiger partial charge in [0.1, 0.15) is 11.7 Å². The molecule has 1 amide bonds. The summed E-state index contributed by atoms with van der Waals surface area (Å²) in [6.45, 7) is 1.14. The first-order valence-electron chi connectivity index (χ1n) is 11.2. The third kappa shape index (κ3) is 5.91. The highest BCUT2D eigenvalue weighted by Crippen LogP contribution is 2.28. The quantitative estimate of drug-likeness (QED) is 0.509. The van der Waals surface area contributed by atoms with E-state index in [0.29, 0.717) is 31.0 Å². The zero-order chi connectivity index (χ0) is 24.1. The molecule has 0 spiro atoms. The number of ether oxygens (including phenoxy) is 2. The zero-order valence-electron chi connectivity index (χ0n) is 19.8. The second-order valence-electron chi connectivity index (χ2n) is 8.32. The van der Waals surface area contributed by atoms with Crippen LogP contribution < -0.4 is 15.2 Å². The van der Waals surface area contributed by atoms with Gasteiger partial charge < -0.3 is 20.1 Å². The maximum Gasteiger partial charge on any atom is 0.240 e. The SMILES string of the molecule is COc1ccc(Cn2cc(-c3ccc(C[C@H](N)C(=O)N4CCC[C@H]4C#N)cc3)nn2)cc1OC.Cl. The van der Waals surface area contributed by atoms with Crippen LogP contribution in [0.25, 0.3) is 11.3 Å². The molecule has 0 saturated carbocycles. The Kier molecular flexibility index (Phi) is 8.68. The number of carbonyl (C=O) groups excluding carboxylic acids is 1. The summed E-state index contributed by atoms with van der Waals surface area (Å²) in [6, 6.07) is 14.7. The van der Waals surface area contributed by atoms with Gasteiger partial charge >= 0.3 is 0 Å². The summed E-state index contributed by atoms with van der Waals surface area (Å²) in [5.74, 6) is 1.18. The molecule has 10 heteroatoms. The van der Waals surface area contributed by atoms with Gasteiger partial charge in [-0.05, 0) is 42.5 Å². The number of nitrogens with two attached hydrogens (primary N) is 1. The lowest BCUT2D eigenvalue weighted by molar-refractivity contribution is -0.132. The minimum Gasteiger partial charge on any atom is -0.493 e. The maximum atomic E-state index is 12.7.